The van der Waals surface area contributed by atoms with E-state index in [-0.39, 0.29) is 11.9 Å². The number of hydrogen-bond donors (Lipinski definition) is 1. The normalized spacial score (nSPS) is 23.5. The molecule has 5 nitrogen and oxygen atoms in total. The average molecular weight is 385 g/mol. The van der Waals surface area contributed by atoms with Crippen LogP contribution in [0.3, 0.4) is 0 Å². The molecule has 2 aliphatic rings. The molecule has 2 aromatic rings. The Labute approximate surface area is 163 Å². The van der Waals surface area contributed by atoms with Crippen molar-refractivity contribution in [2.24, 2.45) is 0 Å². The molecule has 1 fully saturated rings. The van der Waals surface area contributed by atoms with E-state index in [1.54, 1.807) is 24.3 Å². The third-order valence-electron chi connectivity index (χ3n) is 5.47. The Kier molecular flexibility index (Phi) is 5.02. The maximum absolute atomic E-state index is 13.0. The van der Waals surface area contributed by atoms with Crippen LogP contribution in [-0.2, 0) is 16.0 Å². The zero-order valence-electron chi connectivity index (χ0n) is 15.4. The number of likely N-dealkylation sites (tertiary alicyclic amines) is 1. The van der Waals surface area contributed by atoms with Gasteiger partial charge in [0.1, 0.15) is 0 Å². The molecule has 3 heterocycles. The van der Waals surface area contributed by atoms with Gasteiger partial charge in [0.15, 0.2) is 5.60 Å². The van der Waals surface area contributed by atoms with Crippen molar-refractivity contribution in [2.45, 2.75) is 37.8 Å². The molecule has 0 saturated carbocycles. The van der Waals surface area contributed by atoms with E-state index in [1.165, 1.54) is 17.7 Å². The van der Waals surface area contributed by atoms with Crippen LogP contribution in [0.2, 0.25) is 0 Å². The summed E-state index contributed by atoms with van der Waals surface area (Å²) in [6.07, 6.45) is 2.79. The van der Waals surface area contributed by atoms with Gasteiger partial charge < -0.3 is 10.1 Å². The summed E-state index contributed by atoms with van der Waals surface area (Å²) in [6, 6.07) is 11.7. The quantitative estimate of drug-likeness (QED) is 0.805. The number of thiophene rings is 1. The first-order valence-corrected chi connectivity index (χ1v) is 10.3. The molecule has 0 spiro atoms. The lowest BCUT2D eigenvalue weighted by molar-refractivity contribution is -0.140. The third kappa shape index (κ3) is 3.64. The summed E-state index contributed by atoms with van der Waals surface area (Å²) >= 11 is 1.72. The van der Waals surface area contributed by atoms with E-state index in [4.69, 9.17) is 4.74 Å². The Morgan fingerprint density at radius 1 is 1.26 bits per heavy atom. The number of fused-ring (bicyclic) bond motifs is 1. The van der Waals surface area contributed by atoms with Crippen molar-refractivity contribution in [3.63, 3.8) is 0 Å². The highest BCUT2D eigenvalue weighted by atomic mass is 32.1. The SMILES string of the molecule is CC1(C(=O)NCC(c2cccs2)N2CCCC2)Cc2ccccc2C(=O)O1. The highest BCUT2D eigenvalue weighted by Gasteiger charge is 2.42. The molecule has 1 aromatic heterocycles. The van der Waals surface area contributed by atoms with Gasteiger partial charge in [0.2, 0.25) is 0 Å². The van der Waals surface area contributed by atoms with Crippen molar-refractivity contribution in [3.05, 3.63) is 57.8 Å². The minimum Gasteiger partial charge on any atom is -0.445 e. The fourth-order valence-corrected chi connectivity index (χ4v) is 4.84. The van der Waals surface area contributed by atoms with E-state index in [2.05, 4.69) is 21.7 Å². The fraction of sp³-hybridized carbons (Fsp3) is 0.429. The van der Waals surface area contributed by atoms with E-state index < -0.39 is 11.6 Å². The average Bonchev–Trinajstić information content (AvgIpc) is 3.36. The van der Waals surface area contributed by atoms with Gasteiger partial charge in [-0.05, 0) is 55.9 Å². The molecular formula is C21H24N2O3S. The summed E-state index contributed by atoms with van der Waals surface area (Å²) in [6.45, 7) is 4.33. The van der Waals surface area contributed by atoms with Crippen LogP contribution in [0.15, 0.2) is 41.8 Å². The zero-order valence-corrected chi connectivity index (χ0v) is 16.3. The molecule has 0 bridgehead atoms. The van der Waals surface area contributed by atoms with Crippen LogP contribution in [-0.4, -0.2) is 42.0 Å². The number of hydrogen-bond acceptors (Lipinski definition) is 5. The van der Waals surface area contributed by atoms with Crippen LogP contribution >= 0.6 is 11.3 Å². The Bertz CT molecular complexity index is 830. The molecule has 2 unspecified atom stereocenters. The van der Waals surface area contributed by atoms with Crippen LogP contribution in [0.4, 0.5) is 0 Å². The first-order chi connectivity index (χ1) is 13.1. The molecule has 1 amide bonds. The minimum absolute atomic E-state index is 0.173. The molecule has 0 radical (unpaired) electrons. The van der Waals surface area contributed by atoms with Crippen molar-refractivity contribution in [2.75, 3.05) is 19.6 Å². The van der Waals surface area contributed by atoms with Gasteiger partial charge in [-0.15, -0.1) is 11.3 Å². The summed E-state index contributed by atoms with van der Waals surface area (Å²) in [5.74, 6) is -0.657. The lowest BCUT2D eigenvalue weighted by Crippen LogP contribution is -2.53. The van der Waals surface area contributed by atoms with Crippen molar-refractivity contribution in [1.82, 2.24) is 10.2 Å². The molecule has 6 heteroatoms. The largest absolute Gasteiger partial charge is 0.445 e. The van der Waals surface area contributed by atoms with E-state index >= 15 is 0 Å². The number of benzene rings is 1. The predicted molar refractivity (Wildman–Crippen MR) is 105 cm³/mol. The summed E-state index contributed by atoms with van der Waals surface area (Å²) in [5.41, 5.74) is 0.244. The van der Waals surface area contributed by atoms with Crippen LogP contribution in [0.25, 0.3) is 0 Å². The maximum Gasteiger partial charge on any atom is 0.339 e. The number of carbonyl (C=O) groups excluding carboxylic acids is 2. The van der Waals surface area contributed by atoms with Crippen molar-refractivity contribution in [3.8, 4) is 0 Å². The molecule has 142 valence electrons. The molecular weight excluding hydrogens is 360 g/mol. The highest BCUT2D eigenvalue weighted by molar-refractivity contribution is 7.10. The highest BCUT2D eigenvalue weighted by Crippen LogP contribution is 2.30. The Morgan fingerprint density at radius 2 is 2.04 bits per heavy atom. The molecule has 2 atom stereocenters. The summed E-state index contributed by atoms with van der Waals surface area (Å²) in [4.78, 5) is 29.0. The molecule has 27 heavy (non-hydrogen) atoms. The van der Waals surface area contributed by atoms with Gasteiger partial charge in [0, 0.05) is 17.8 Å². The van der Waals surface area contributed by atoms with Crippen LogP contribution < -0.4 is 5.32 Å². The number of ether oxygens (including phenoxy) is 1. The number of esters is 1. The van der Waals surface area contributed by atoms with Crippen molar-refractivity contribution < 1.29 is 14.3 Å². The number of amides is 1. The molecule has 1 aromatic carbocycles. The molecule has 4 rings (SSSR count). The fourth-order valence-electron chi connectivity index (χ4n) is 3.98. The number of rotatable bonds is 5. The number of nitrogens with one attached hydrogen (secondary N) is 1. The van der Waals surface area contributed by atoms with Crippen molar-refractivity contribution in [1.29, 1.82) is 0 Å². The molecule has 0 aliphatic carbocycles. The number of cyclic esters (lactones) is 1. The Balaban J connectivity index is 1.47. The van der Waals surface area contributed by atoms with Gasteiger partial charge in [-0.25, -0.2) is 4.79 Å². The molecule has 1 N–H and O–H groups in total. The number of nitrogens with zero attached hydrogens (tertiary/aromatic N) is 1. The van der Waals surface area contributed by atoms with Gasteiger partial charge in [0.05, 0.1) is 11.6 Å². The summed E-state index contributed by atoms with van der Waals surface area (Å²) < 4.78 is 5.55. The van der Waals surface area contributed by atoms with E-state index in [1.807, 2.05) is 24.3 Å². The van der Waals surface area contributed by atoms with Crippen LogP contribution in [0, 0.1) is 0 Å². The second-order valence-corrected chi connectivity index (χ2v) is 8.42. The second kappa shape index (κ2) is 7.44. The summed E-state index contributed by atoms with van der Waals surface area (Å²) in [5, 5.41) is 5.13. The molecule has 1 saturated heterocycles. The zero-order chi connectivity index (χ0) is 18.9. The first kappa shape index (κ1) is 18.2. The number of carbonyl (C=O) groups is 2. The minimum atomic E-state index is -1.17. The van der Waals surface area contributed by atoms with E-state index in [0.717, 1.165) is 18.7 Å². The van der Waals surface area contributed by atoms with Gasteiger partial charge in [-0.3, -0.25) is 9.69 Å². The maximum atomic E-state index is 13.0. The second-order valence-electron chi connectivity index (χ2n) is 7.44. The van der Waals surface area contributed by atoms with Gasteiger partial charge in [0.25, 0.3) is 5.91 Å². The molecule has 2 aliphatic heterocycles. The lowest BCUT2D eigenvalue weighted by Gasteiger charge is -2.34. The first-order valence-electron chi connectivity index (χ1n) is 9.44. The van der Waals surface area contributed by atoms with Gasteiger partial charge in [-0.1, -0.05) is 24.3 Å². The third-order valence-corrected chi connectivity index (χ3v) is 6.45. The monoisotopic (exact) mass is 384 g/mol. The van der Waals surface area contributed by atoms with Gasteiger partial charge in [-0.2, -0.15) is 0 Å². The predicted octanol–water partition coefficient (Wildman–Crippen LogP) is 3.17. The van der Waals surface area contributed by atoms with E-state index in [0.29, 0.717) is 18.5 Å². The van der Waals surface area contributed by atoms with Gasteiger partial charge >= 0.3 is 5.97 Å². The smallest absolute Gasteiger partial charge is 0.339 e. The van der Waals surface area contributed by atoms with Crippen molar-refractivity contribution >= 4 is 23.2 Å². The van der Waals surface area contributed by atoms with Crippen LogP contribution in [0.1, 0.15) is 46.6 Å². The Morgan fingerprint density at radius 3 is 2.78 bits per heavy atom. The standard InChI is InChI=1S/C21H24N2O3S/c1-21(13-15-7-2-3-8-16(15)19(24)26-21)20(25)22-14-17(18-9-6-12-27-18)23-10-4-5-11-23/h2-3,6-9,12,17H,4-5,10-11,13-14H2,1H3,(H,22,25). The topological polar surface area (TPSA) is 58.6 Å². The van der Waals surface area contributed by atoms with E-state index in [9.17, 15) is 9.59 Å². The summed E-state index contributed by atoms with van der Waals surface area (Å²) in [7, 11) is 0. The van der Waals surface area contributed by atoms with Crippen LogP contribution in [0.5, 0.6) is 0 Å². The Hall–Kier alpha value is -2.18. The lowest BCUT2D eigenvalue weighted by atomic mass is 9.89.